The summed E-state index contributed by atoms with van der Waals surface area (Å²) >= 11 is 0. The van der Waals surface area contributed by atoms with Crippen LogP contribution < -0.4 is 10.5 Å². The predicted molar refractivity (Wildman–Crippen MR) is 93.7 cm³/mol. The largest absolute Gasteiger partial charge is 0.481 e. The number of ether oxygens (including phenoxy) is 1. The first kappa shape index (κ1) is 18.3. The molecule has 0 aromatic heterocycles. The van der Waals surface area contributed by atoms with Gasteiger partial charge in [0, 0.05) is 19.0 Å². The first-order chi connectivity index (χ1) is 11.2. The molecule has 0 radical (unpaired) electrons. The fourth-order valence-electron chi connectivity index (χ4n) is 2.93. The number of hydrogen-bond donors (Lipinski definition) is 1. The molecular weight excluding hydrogens is 304 g/mol. The van der Waals surface area contributed by atoms with E-state index in [0.29, 0.717) is 31.7 Å². The summed E-state index contributed by atoms with van der Waals surface area (Å²) in [5.41, 5.74) is 6.64. The molecule has 0 bridgehead atoms. The standard InChI is InChI=1S/C19H28N2O3/c1-13(18(23)21-11-9-14(10-12-21)17(20)22)24-16-7-5-15(6-8-16)19(2,3)4/h5-8,13-14H,9-12H2,1-4H3,(H2,20,22)/t13-/m1/s1. The molecule has 5 heteroatoms. The maximum Gasteiger partial charge on any atom is 0.263 e. The summed E-state index contributed by atoms with van der Waals surface area (Å²) in [4.78, 5) is 25.4. The Morgan fingerprint density at radius 2 is 1.71 bits per heavy atom. The van der Waals surface area contributed by atoms with Crippen LogP contribution in [0.15, 0.2) is 24.3 Å². The number of amides is 2. The van der Waals surface area contributed by atoms with E-state index in [1.54, 1.807) is 11.8 Å². The Labute approximate surface area is 144 Å². The van der Waals surface area contributed by atoms with E-state index in [4.69, 9.17) is 10.5 Å². The molecule has 0 spiro atoms. The maximum absolute atomic E-state index is 12.5. The molecular formula is C19H28N2O3. The van der Waals surface area contributed by atoms with Gasteiger partial charge >= 0.3 is 0 Å². The topological polar surface area (TPSA) is 72.6 Å². The van der Waals surface area contributed by atoms with Crippen LogP contribution in [-0.2, 0) is 15.0 Å². The zero-order valence-electron chi connectivity index (χ0n) is 15.0. The molecule has 1 aliphatic rings. The van der Waals surface area contributed by atoms with Crippen molar-refractivity contribution in [1.29, 1.82) is 0 Å². The fourth-order valence-corrected chi connectivity index (χ4v) is 2.93. The van der Waals surface area contributed by atoms with E-state index in [-0.39, 0.29) is 23.1 Å². The van der Waals surface area contributed by atoms with Crippen molar-refractivity contribution in [2.24, 2.45) is 11.7 Å². The number of carbonyl (C=O) groups is 2. The minimum absolute atomic E-state index is 0.0437. The molecule has 2 rings (SSSR count). The summed E-state index contributed by atoms with van der Waals surface area (Å²) in [5.74, 6) is 0.259. The molecule has 2 amide bonds. The van der Waals surface area contributed by atoms with Crippen molar-refractivity contribution in [3.63, 3.8) is 0 Å². The molecule has 1 atom stereocenters. The number of hydrogen-bond acceptors (Lipinski definition) is 3. The van der Waals surface area contributed by atoms with E-state index in [1.807, 2.05) is 24.3 Å². The molecule has 132 valence electrons. The van der Waals surface area contributed by atoms with Gasteiger partial charge in [-0.25, -0.2) is 0 Å². The minimum Gasteiger partial charge on any atom is -0.481 e. The molecule has 0 unspecified atom stereocenters. The van der Waals surface area contributed by atoms with Gasteiger partial charge in [0.25, 0.3) is 5.91 Å². The number of nitrogens with zero attached hydrogens (tertiary/aromatic N) is 1. The maximum atomic E-state index is 12.5. The Kier molecular flexibility index (Phi) is 5.52. The van der Waals surface area contributed by atoms with Crippen molar-refractivity contribution in [2.75, 3.05) is 13.1 Å². The third kappa shape index (κ3) is 4.49. The first-order valence-electron chi connectivity index (χ1n) is 8.54. The summed E-state index contributed by atoms with van der Waals surface area (Å²) in [5, 5.41) is 0. The average molecular weight is 332 g/mol. The second-order valence-corrected chi connectivity index (χ2v) is 7.54. The molecule has 0 aliphatic carbocycles. The third-order valence-corrected chi connectivity index (χ3v) is 4.59. The number of rotatable bonds is 4. The van der Waals surface area contributed by atoms with Crippen LogP contribution in [0.25, 0.3) is 0 Å². The number of nitrogens with two attached hydrogens (primary N) is 1. The van der Waals surface area contributed by atoms with Gasteiger partial charge in [0.1, 0.15) is 5.75 Å². The lowest BCUT2D eigenvalue weighted by molar-refractivity contribution is -0.140. The van der Waals surface area contributed by atoms with Gasteiger partial charge in [-0.05, 0) is 42.9 Å². The van der Waals surface area contributed by atoms with Gasteiger partial charge in [-0.1, -0.05) is 32.9 Å². The highest BCUT2D eigenvalue weighted by Gasteiger charge is 2.29. The van der Waals surface area contributed by atoms with Crippen LogP contribution in [0.4, 0.5) is 0 Å². The molecule has 5 nitrogen and oxygen atoms in total. The number of primary amides is 1. The highest BCUT2D eigenvalue weighted by molar-refractivity contribution is 5.82. The van der Waals surface area contributed by atoms with Gasteiger partial charge < -0.3 is 15.4 Å². The van der Waals surface area contributed by atoms with Crippen molar-refractivity contribution in [2.45, 2.75) is 52.1 Å². The zero-order valence-corrected chi connectivity index (χ0v) is 15.0. The molecule has 1 heterocycles. The SMILES string of the molecule is C[C@@H](Oc1ccc(C(C)(C)C)cc1)C(=O)N1CCC(C(N)=O)CC1. The van der Waals surface area contributed by atoms with Crippen molar-refractivity contribution in [3.8, 4) is 5.75 Å². The third-order valence-electron chi connectivity index (χ3n) is 4.59. The molecule has 1 fully saturated rings. The number of carbonyl (C=O) groups excluding carboxylic acids is 2. The predicted octanol–water partition coefficient (Wildman–Crippen LogP) is 2.48. The summed E-state index contributed by atoms with van der Waals surface area (Å²) in [6.45, 7) is 9.35. The Balaban J connectivity index is 1.91. The molecule has 2 N–H and O–H groups in total. The smallest absolute Gasteiger partial charge is 0.263 e. The average Bonchev–Trinajstić information content (AvgIpc) is 2.54. The number of likely N-dealkylation sites (tertiary alicyclic amines) is 1. The van der Waals surface area contributed by atoms with Crippen LogP contribution in [0, 0.1) is 5.92 Å². The molecule has 1 aromatic carbocycles. The lowest BCUT2D eigenvalue weighted by Gasteiger charge is -2.32. The normalized spacial score (nSPS) is 17.4. The molecule has 1 aliphatic heterocycles. The van der Waals surface area contributed by atoms with Gasteiger partial charge in [0.05, 0.1) is 0 Å². The van der Waals surface area contributed by atoms with Gasteiger partial charge in [0.15, 0.2) is 6.10 Å². The number of piperidine rings is 1. The second kappa shape index (κ2) is 7.24. The summed E-state index contributed by atoms with van der Waals surface area (Å²) in [6.07, 6.45) is 0.720. The van der Waals surface area contributed by atoms with Crippen LogP contribution in [0.1, 0.15) is 46.1 Å². The lowest BCUT2D eigenvalue weighted by atomic mass is 9.87. The quantitative estimate of drug-likeness (QED) is 0.920. The Morgan fingerprint density at radius 3 is 2.17 bits per heavy atom. The van der Waals surface area contributed by atoms with E-state index in [1.165, 1.54) is 5.56 Å². The van der Waals surface area contributed by atoms with Crippen LogP contribution >= 0.6 is 0 Å². The van der Waals surface area contributed by atoms with Gasteiger partial charge in [-0.3, -0.25) is 9.59 Å². The Bertz CT molecular complexity index is 582. The van der Waals surface area contributed by atoms with Crippen molar-refractivity contribution >= 4 is 11.8 Å². The van der Waals surface area contributed by atoms with Crippen LogP contribution in [-0.4, -0.2) is 35.9 Å². The first-order valence-corrected chi connectivity index (χ1v) is 8.54. The van der Waals surface area contributed by atoms with E-state index >= 15 is 0 Å². The minimum atomic E-state index is -0.546. The second-order valence-electron chi connectivity index (χ2n) is 7.54. The lowest BCUT2D eigenvalue weighted by Crippen LogP contribution is -2.46. The molecule has 1 saturated heterocycles. The summed E-state index contributed by atoms with van der Waals surface area (Å²) in [6, 6.07) is 7.88. The van der Waals surface area contributed by atoms with Crippen LogP contribution in [0.5, 0.6) is 5.75 Å². The number of benzene rings is 1. The molecule has 0 saturated carbocycles. The van der Waals surface area contributed by atoms with Crippen molar-refractivity contribution < 1.29 is 14.3 Å². The van der Waals surface area contributed by atoms with E-state index in [2.05, 4.69) is 20.8 Å². The zero-order chi connectivity index (χ0) is 17.9. The van der Waals surface area contributed by atoms with Crippen LogP contribution in [0.3, 0.4) is 0 Å². The Hall–Kier alpha value is -2.04. The fraction of sp³-hybridized carbons (Fsp3) is 0.579. The van der Waals surface area contributed by atoms with Gasteiger partial charge in [-0.2, -0.15) is 0 Å². The van der Waals surface area contributed by atoms with Gasteiger partial charge in [-0.15, -0.1) is 0 Å². The van der Waals surface area contributed by atoms with Crippen LogP contribution in [0.2, 0.25) is 0 Å². The van der Waals surface area contributed by atoms with E-state index in [0.717, 1.165) is 0 Å². The molecule has 1 aromatic rings. The molecule has 24 heavy (non-hydrogen) atoms. The Morgan fingerprint density at radius 1 is 1.17 bits per heavy atom. The monoisotopic (exact) mass is 332 g/mol. The highest BCUT2D eigenvalue weighted by atomic mass is 16.5. The van der Waals surface area contributed by atoms with Crippen molar-refractivity contribution in [3.05, 3.63) is 29.8 Å². The summed E-state index contributed by atoms with van der Waals surface area (Å²) in [7, 11) is 0. The van der Waals surface area contributed by atoms with E-state index in [9.17, 15) is 9.59 Å². The van der Waals surface area contributed by atoms with E-state index < -0.39 is 6.10 Å². The highest BCUT2D eigenvalue weighted by Crippen LogP contribution is 2.25. The van der Waals surface area contributed by atoms with Crippen molar-refractivity contribution in [1.82, 2.24) is 4.90 Å². The van der Waals surface area contributed by atoms with Gasteiger partial charge in [0.2, 0.25) is 5.91 Å². The summed E-state index contributed by atoms with van der Waals surface area (Å²) < 4.78 is 5.79.